The van der Waals surface area contributed by atoms with E-state index in [0.29, 0.717) is 6.42 Å². The van der Waals surface area contributed by atoms with Gasteiger partial charge in [0.25, 0.3) is 0 Å². The van der Waals surface area contributed by atoms with Crippen molar-refractivity contribution in [3.05, 3.63) is 30.3 Å². The van der Waals surface area contributed by atoms with E-state index >= 15 is 0 Å². The standard InChI is InChI=1S/C11H14NO/c1-3-7-11(13)12(2)10-8-5-4-6-9-10/h5-6,8-9H,3,7H2,1-2H3. The van der Waals surface area contributed by atoms with Gasteiger partial charge < -0.3 is 4.90 Å². The molecule has 0 aliphatic heterocycles. The molecule has 0 aromatic heterocycles. The number of amides is 1. The Morgan fingerprint density at radius 2 is 2.08 bits per heavy atom. The van der Waals surface area contributed by atoms with Crippen molar-refractivity contribution in [2.75, 3.05) is 11.9 Å². The molecule has 1 aromatic rings. The first-order valence-electron chi connectivity index (χ1n) is 4.48. The largest absolute Gasteiger partial charge is 0.316 e. The third kappa shape index (κ3) is 2.58. The fourth-order valence-corrected chi connectivity index (χ4v) is 1.13. The molecule has 1 amide bonds. The van der Waals surface area contributed by atoms with Crippen molar-refractivity contribution < 1.29 is 4.79 Å². The predicted octanol–water partition coefficient (Wildman–Crippen LogP) is 2.25. The topological polar surface area (TPSA) is 20.3 Å². The summed E-state index contributed by atoms with van der Waals surface area (Å²) in [5, 5.41) is 0. The number of carbonyl (C=O) groups excluding carboxylic acids is 1. The molecule has 0 aliphatic rings. The highest BCUT2D eigenvalue weighted by Crippen LogP contribution is 2.11. The maximum atomic E-state index is 11.5. The lowest BCUT2D eigenvalue weighted by Gasteiger charge is -2.16. The van der Waals surface area contributed by atoms with Crippen LogP contribution in [0.1, 0.15) is 19.8 Å². The summed E-state index contributed by atoms with van der Waals surface area (Å²) >= 11 is 0. The minimum atomic E-state index is 0.161. The fourth-order valence-electron chi connectivity index (χ4n) is 1.13. The quantitative estimate of drug-likeness (QED) is 0.691. The molecule has 0 N–H and O–H groups in total. The smallest absolute Gasteiger partial charge is 0.226 e. The highest BCUT2D eigenvalue weighted by molar-refractivity contribution is 5.92. The molecule has 2 nitrogen and oxygen atoms in total. The maximum absolute atomic E-state index is 11.5. The van der Waals surface area contributed by atoms with E-state index in [9.17, 15) is 4.79 Å². The van der Waals surface area contributed by atoms with Gasteiger partial charge in [-0.15, -0.1) is 0 Å². The average molecular weight is 176 g/mol. The molecule has 0 atom stereocenters. The monoisotopic (exact) mass is 176 g/mol. The van der Waals surface area contributed by atoms with Crippen LogP contribution in [0, 0.1) is 6.07 Å². The van der Waals surface area contributed by atoms with Crippen LogP contribution in [0.15, 0.2) is 24.3 Å². The number of hydrogen-bond acceptors (Lipinski definition) is 1. The van der Waals surface area contributed by atoms with E-state index in [2.05, 4.69) is 6.07 Å². The van der Waals surface area contributed by atoms with Crippen molar-refractivity contribution in [2.45, 2.75) is 19.8 Å². The van der Waals surface area contributed by atoms with Gasteiger partial charge in [0.05, 0.1) is 0 Å². The Morgan fingerprint density at radius 3 is 2.62 bits per heavy atom. The molecule has 0 saturated carbocycles. The first kappa shape index (κ1) is 9.78. The molecule has 0 unspecified atom stereocenters. The summed E-state index contributed by atoms with van der Waals surface area (Å²) in [6, 6.07) is 10.3. The molecule has 0 aliphatic carbocycles. The summed E-state index contributed by atoms with van der Waals surface area (Å²) < 4.78 is 0. The Hall–Kier alpha value is -1.31. The number of benzene rings is 1. The minimum Gasteiger partial charge on any atom is -0.316 e. The molecule has 2 heteroatoms. The van der Waals surface area contributed by atoms with Gasteiger partial charge in [-0.2, -0.15) is 0 Å². The molecule has 0 saturated heterocycles. The van der Waals surface area contributed by atoms with Crippen molar-refractivity contribution in [1.82, 2.24) is 0 Å². The van der Waals surface area contributed by atoms with Crippen molar-refractivity contribution in [2.24, 2.45) is 0 Å². The van der Waals surface area contributed by atoms with Crippen molar-refractivity contribution in [1.29, 1.82) is 0 Å². The van der Waals surface area contributed by atoms with Gasteiger partial charge >= 0.3 is 0 Å². The van der Waals surface area contributed by atoms with E-state index in [0.717, 1.165) is 12.1 Å². The first-order chi connectivity index (χ1) is 6.25. The SMILES string of the molecule is CCCC(=O)N(C)c1cc[c]cc1. The molecule has 0 bridgehead atoms. The Labute approximate surface area is 79.2 Å². The summed E-state index contributed by atoms with van der Waals surface area (Å²) in [4.78, 5) is 13.1. The summed E-state index contributed by atoms with van der Waals surface area (Å²) in [5.41, 5.74) is 0.928. The maximum Gasteiger partial charge on any atom is 0.226 e. The molecular formula is C11H14NO. The summed E-state index contributed by atoms with van der Waals surface area (Å²) in [6.07, 6.45) is 1.50. The summed E-state index contributed by atoms with van der Waals surface area (Å²) in [6.45, 7) is 2.00. The predicted molar refractivity (Wildman–Crippen MR) is 53.6 cm³/mol. The number of rotatable bonds is 3. The molecule has 13 heavy (non-hydrogen) atoms. The molecule has 0 fully saturated rings. The van der Waals surface area contributed by atoms with E-state index in [1.165, 1.54) is 0 Å². The summed E-state index contributed by atoms with van der Waals surface area (Å²) in [7, 11) is 1.80. The molecule has 1 rings (SSSR count). The first-order valence-corrected chi connectivity index (χ1v) is 4.48. The van der Waals surface area contributed by atoms with Gasteiger partial charge in [-0.3, -0.25) is 4.79 Å². The van der Waals surface area contributed by atoms with Crippen LogP contribution in [-0.2, 0) is 4.79 Å². The van der Waals surface area contributed by atoms with Crippen LogP contribution in [0.2, 0.25) is 0 Å². The highest BCUT2D eigenvalue weighted by atomic mass is 16.2. The van der Waals surface area contributed by atoms with E-state index < -0.39 is 0 Å². The third-order valence-corrected chi connectivity index (χ3v) is 1.93. The number of anilines is 1. The molecule has 1 radical (unpaired) electrons. The zero-order chi connectivity index (χ0) is 9.68. The Kier molecular flexibility index (Phi) is 3.50. The van der Waals surface area contributed by atoms with Crippen LogP contribution < -0.4 is 4.90 Å². The Bertz CT molecular complexity index is 269. The van der Waals surface area contributed by atoms with E-state index in [-0.39, 0.29) is 5.91 Å². The van der Waals surface area contributed by atoms with Gasteiger partial charge in [0.15, 0.2) is 0 Å². The molecular weight excluding hydrogens is 162 g/mol. The van der Waals surface area contributed by atoms with Crippen molar-refractivity contribution in [3.8, 4) is 0 Å². The zero-order valence-corrected chi connectivity index (χ0v) is 8.08. The van der Waals surface area contributed by atoms with Crippen LogP contribution in [0.5, 0.6) is 0 Å². The van der Waals surface area contributed by atoms with Crippen LogP contribution in [0.4, 0.5) is 5.69 Å². The van der Waals surface area contributed by atoms with Crippen LogP contribution >= 0.6 is 0 Å². The summed E-state index contributed by atoms with van der Waals surface area (Å²) in [5.74, 6) is 0.161. The number of hydrogen-bond donors (Lipinski definition) is 0. The molecule has 69 valence electrons. The van der Waals surface area contributed by atoms with Gasteiger partial charge in [-0.25, -0.2) is 0 Å². The van der Waals surface area contributed by atoms with E-state index in [1.807, 2.05) is 31.2 Å². The normalized spacial score (nSPS) is 9.69. The second-order valence-electron chi connectivity index (χ2n) is 2.96. The molecule has 0 spiro atoms. The van der Waals surface area contributed by atoms with E-state index in [1.54, 1.807) is 11.9 Å². The molecule has 1 aromatic carbocycles. The minimum absolute atomic E-state index is 0.161. The van der Waals surface area contributed by atoms with E-state index in [4.69, 9.17) is 0 Å². The van der Waals surface area contributed by atoms with Crippen LogP contribution in [0.3, 0.4) is 0 Å². The Morgan fingerprint density at radius 1 is 1.46 bits per heavy atom. The van der Waals surface area contributed by atoms with Gasteiger partial charge in [0.2, 0.25) is 5.91 Å². The van der Waals surface area contributed by atoms with Gasteiger partial charge in [0.1, 0.15) is 0 Å². The third-order valence-electron chi connectivity index (χ3n) is 1.93. The van der Waals surface area contributed by atoms with Gasteiger partial charge in [0, 0.05) is 19.2 Å². The average Bonchev–Trinajstić information content (AvgIpc) is 2.18. The second kappa shape index (κ2) is 4.65. The van der Waals surface area contributed by atoms with Crippen molar-refractivity contribution in [3.63, 3.8) is 0 Å². The second-order valence-corrected chi connectivity index (χ2v) is 2.96. The Balaban J connectivity index is 2.68. The van der Waals surface area contributed by atoms with Crippen LogP contribution in [0.25, 0.3) is 0 Å². The lowest BCUT2D eigenvalue weighted by Crippen LogP contribution is -2.25. The highest BCUT2D eigenvalue weighted by Gasteiger charge is 2.07. The van der Waals surface area contributed by atoms with Gasteiger partial charge in [-0.05, 0) is 24.6 Å². The fraction of sp³-hybridized carbons (Fsp3) is 0.364. The molecule has 0 heterocycles. The van der Waals surface area contributed by atoms with Gasteiger partial charge in [-0.1, -0.05) is 19.1 Å². The van der Waals surface area contributed by atoms with Crippen molar-refractivity contribution >= 4 is 11.6 Å². The number of nitrogens with zero attached hydrogens (tertiary/aromatic N) is 1. The number of carbonyl (C=O) groups is 1. The lowest BCUT2D eigenvalue weighted by atomic mass is 10.2. The lowest BCUT2D eigenvalue weighted by molar-refractivity contribution is -0.118. The zero-order valence-electron chi connectivity index (χ0n) is 8.08. The van der Waals surface area contributed by atoms with Crippen LogP contribution in [-0.4, -0.2) is 13.0 Å².